The van der Waals surface area contributed by atoms with Crippen LogP contribution in [0.15, 0.2) is 6.20 Å². The summed E-state index contributed by atoms with van der Waals surface area (Å²) in [6, 6.07) is -0.432. The van der Waals surface area contributed by atoms with E-state index in [2.05, 4.69) is 17.2 Å². The summed E-state index contributed by atoms with van der Waals surface area (Å²) in [5, 5.41) is 3.84. The van der Waals surface area contributed by atoms with Crippen LogP contribution in [-0.4, -0.2) is 33.3 Å². The summed E-state index contributed by atoms with van der Waals surface area (Å²) < 4.78 is 0. The van der Waals surface area contributed by atoms with Gasteiger partial charge in [0.2, 0.25) is 11.8 Å². The van der Waals surface area contributed by atoms with Crippen molar-refractivity contribution in [2.45, 2.75) is 58.2 Å². The maximum Gasteiger partial charge on any atom is 0.249 e. The second kappa shape index (κ2) is 5.09. The highest BCUT2D eigenvalue weighted by atomic mass is 32.1. The minimum absolute atomic E-state index is 0.0327. The average molecular weight is 307 g/mol. The number of rotatable bonds is 4. The fraction of sp³-hybridized carbons (Fsp3) is 0.667. The van der Waals surface area contributed by atoms with E-state index in [0.29, 0.717) is 6.54 Å². The summed E-state index contributed by atoms with van der Waals surface area (Å²) in [7, 11) is 0. The Bertz CT molecular complexity index is 581. The fourth-order valence-electron chi connectivity index (χ4n) is 2.91. The van der Waals surface area contributed by atoms with Crippen LogP contribution in [0, 0.1) is 5.92 Å². The van der Waals surface area contributed by atoms with Gasteiger partial charge >= 0.3 is 0 Å². The number of carbonyl (C=O) groups excluding carboxylic acids is 2. The largest absolute Gasteiger partial charge is 0.340 e. The Morgan fingerprint density at radius 2 is 2.19 bits per heavy atom. The lowest BCUT2D eigenvalue weighted by atomic mass is 9.90. The monoisotopic (exact) mass is 307 g/mol. The molecule has 114 valence electrons. The number of hydrogen-bond acceptors (Lipinski definition) is 4. The molecule has 1 aliphatic carbocycles. The summed E-state index contributed by atoms with van der Waals surface area (Å²) in [5.41, 5.74) is -0.728. The summed E-state index contributed by atoms with van der Waals surface area (Å²) in [4.78, 5) is 32.4. The number of nitrogens with zero attached hydrogens (tertiary/aromatic N) is 2. The highest BCUT2D eigenvalue weighted by molar-refractivity contribution is 7.11. The molecule has 3 rings (SSSR count). The maximum atomic E-state index is 12.9. The van der Waals surface area contributed by atoms with E-state index in [0.717, 1.165) is 24.3 Å². The van der Waals surface area contributed by atoms with E-state index in [4.69, 9.17) is 0 Å². The van der Waals surface area contributed by atoms with Gasteiger partial charge < -0.3 is 10.2 Å². The van der Waals surface area contributed by atoms with Gasteiger partial charge in [-0.1, -0.05) is 6.92 Å². The van der Waals surface area contributed by atoms with E-state index in [1.54, 1.807) is 23.2 Å². The number of hydrogen-bond donors (Lipinski definition) is 1. The lowest BCUT2D eigenvalue weighted by molar-refractivity contribution is -0.155. The molecule has 2 aliphatic rings. The highest BCUT2D eigenvalue weighted by Crippen LogP contribution is 2.42. The van der Waals surface area contributed by atoms with E-state index in [1.807, 2.05) is 13.1 Å². The quantitative estimate of drug-likeness (QED) is 0.921. The Morgan fingerprint density at radius 1 is 1.48 bits per heavy atom. The van der Waals surface area contributed by atoms with Gasteiger partial charge in [-0.15, -0.1) is 11.3 Å². The Kier molecular flexibility index (Phi) is 3.51. The van der Waals surface area contributed by atoms with Crippen molar-refractivity contribution >= 4 is 23.2 Å². The van der Waals surface area contributed by atoms with Crippen LogP contribution in [0.5, 0.6) is 0 Å². The zero-order valence-corrected chi connectivity index (χ0v) is 13.5. The standard InChI is InChI=1S/C15H21N3O2S/c1-4-11-7-16-12(21-11)8-18-9(2)13(19)17-15(3,14(18)20)10-5-6-10/h7,9-10H,4-6,8H2,1-3H3,(H,17,19). The molecule has 2 atom stereocenters. The third kappa shape index (κ3) is 2.46. The first-order valence-electron chi connectivity index (χ1n) is 7.52. The first-order chi connectivity index (χ1) is 9.95. The molecule has 2 heterocycles. The number of amides is 2. The molecule has 21 heavy (non-hydrogen) atoms. The molecule has 2 unspecified atom stereocenters. The van der Waals surface area contributed by atoms with Gasteiger partial charge in [-0.2, -0.15) is 0 Å². The molecular formula is C15H21N3O2S. The summed E-state index contributed by atoms with van der Waals surface area (Å²) in [5.74, 6) is 0.257. The molecule has 1 N–H and O–H groups in total. The fourth-order valence-corrected chi connectivity index (χ4v) is 3.77. The van der Waals surface area contributed by atoms with E-state index in [-0.39, 0.29) is 17.7 Å². The molecule has 0 aromatic carbocycles. The molecule has 5 nitrogen and oxygen atoms in total. The van der Waals surface area contributed by atoms with Gasteiger partial charge in [0, 0.05) is 11.1 Å². The lowest BCUT2D eigenvalue weighted by Gasteiger charge is -2.43. The topological polar surface area (TPSA) is 62.3 Å². The minimum atomic E-state index is -0.728. The number of carbonyl (C=O) groups is 2. The van der Waals surface area contributed by atoms with Crippen molar-refractivity contribution in [1.82, 2.24) is 15.2 Å². The Balaban J connectivity index is 1.84. The third-order valence-electron chi connectivity index (χ3n) is 4.58. The van der Waals surface area contributed by atoms with Crippen molar-refractivity contribution in [3.05, 3.63) is 16.1 Å². The van der Waals surface area contributed by atoms with Gasteiger partial charge in [0.1, 0.15) is 16.6 Å². The zero-order chi connectivity index (χ0) is 15.2. The van der Waals surface area contributed by atoms with Crippen LogP contribution < -0.4 is 5.32 Å². The summed E-state index contributed by atoms with van der Waals surface area (Å²) in [6.45, 7) is 6.17. The molecule has 1 aliphatic heterocycles. The van der Waals surface area contributed by atoms with Crippen LogP contribution in [-0.2, 0) is 22.6 Å². The molecule has 1 saturated carbocycles. The Labute approximate surface area is 128 Å². The Hall–Kier alpha value is -1.43. The van der Waals surface area contributed by atoms with E-state index < -0.39 is 11.6 Å². The molecule has 2 amide bonds. The van der Waals surface area contributed by atoms with Crippen molar-refractivity contribution in [2.24, 2.45) is 5.92 Å². The van der Waals surface area contributed by atoms with Crippen LogP contribution in [0.3, 0.4) is 0 Å². The minimum Gasteiger partial charge on any atom is -0.340 e. The normalized spacial score (nSPS) is 29.7. The molecule has 0 spiro atoms. The van der Waals surface area contributed by atoms with Crippen LogP contribution in [0.4, 0.5) is 0 Å². The zero-order valence-electron chi connectivity index (χ0n) is 12.7. The first-order valence-corrected chi connectivity index (χ1v) is 8.34. The van der Waals surface area contributed by atoms with Crippen molar-refractivity contribution in [1.29, 1.82) is 0 Å². The predicted molar refractivity (Wildman–Crippen MR) is 80.8 cm³/mol. The van der Waals surface area contributed by atoms with Crippen molar-refractivity contribution in [3.63, 3.8) is 0 Å². The molecule has 1 aromatic rings. The van der Waals surface area contributed by atoms with E-state index in [9.17, 15) is 9.59 Å². The average Bonchev–Trinajstić information content (AvgIpc) is 3.22. The number of aryl methyl sites for hydroxylation is 1. The molecule has 6 heteroatoms. The lowest BCUT2D eigenvalue weighted by Crippen LogP contribution is -2.69. The number of piperazine rings is 1. The molecule has 2 fully saturated rings. The molecule has 1 saturated heterocycles. The van der Waals surface area contributed by atoms with Crippen molar-refractivity contribution in [2.75, 3.05) is 0 Å². The van der Waals surface area contributed by atoms with Crippen LogP contribution in [0.1, 0.15) is 43.5 Å². The van der Waals surface area contributed by atoms with Gasteiger partial charge in [-0.25, -0.2) is 4.98 Å². The smallest absolute Gasteiger partial charge is 0.249 e. The van der Waals surface area contributed by atoms with Gasteiger partial charge in [0.05, 0.1) is 6.54 Å². The van der Waals surface area contributed by atoms with Crippen LogP contribution in [0.25, 0.3) is 0 Å². The second-order valence-electron chi connectivity index (χ2n) is 6.15. The molecule has 0 bridgehead atoms. The number of aromatic nitrogens is 1. The van der Waals surface area contributed by atoms with Gasteiger partial charge in [0.25, 0.3) is 0 Å². The first kappa shape index (κ1) is 14.5. The predicted octanol–water partition coefficient (Wildman–Crippen LogP) is 1.72. The van der Waals surface area contributed by atoms with E-state index in [1.165, 1.54) is 4.88 Å². The van der Waals surface area contributed by atoms with Crippen molar-refractivity contribution in [3.8, 4) is 0 Å². The van der Waals surface area contributed by atoms with E-state index >= 15 is 0 Å². The number of thiazole rings is 1. The van der Waals surface area contributed by atoms with Crippen molar-refractivity contribution < 1.29 is 9.59 Å². The second-order valence-corrected chi connectivity index (χ2v) is 7.35. The molecule has 1 aromatic heterocycles. The highest BCUT2D eigenvalue weighted by Gasteiger charge is 2.54. The van der Waals surface area contributed by atoms with Gasteiger partial charge in [-0.05, 0) is 39.0 Å². The van der Waals surface area contributed by atoms with Crippen LogP contribution in [0.2, 0.25) is 0 Å². The SMILES string of the molecule is CCc1cnc(CN2C(=O)C(C)(C3CC3)NC(=O)C2C)s1. The third-order valence-corrected chi connectivity index (χ3v) is 5.71. The molecule has 0 radical (unpaired) electrons. The van der Waals surface area contributed by atoms with Crippen LogP contribution >= 0.6 is 11.3 Å². The van der Waals surface area contributed by atoms with Gasteiger partial charge in [-0.3, -0.25) is 9.59 Å². The molecular weight excluding hydrogens is 286 g/mol. The number of nitrogens with one attached hydrogen (secondary N) is 1. The van der Waals surface area contributed by atoms with Gasteiger partial charge in [0.15, 0.2) is 0 Å². The Morgan fingerprint density at radius 3 is 2.76 bits per heavy atom. The summed E-state index contributed by atoms with van der Waals surface area (Å²) >= 11 is 1.62. The maximum absolute atomic E-state index is 12.9. The summed E-state index contributed by atoms with van der Waals surface area (Å²) in [6.07, 6.45) is 4.84.